The van der Waals surface area contributed by atoms with Crippen molar-refractivity contribution in [2.75, 3.05) is 13.6 Å². The van der Waals surface area contributed by atoms with E-state index in [-0.39, 0.29) is 0 Å². The molecule has 0 saturated carbocycles. The lowest BCUT2D eigenvalue weighted by molar-refractivity contribution is 0.847. The normalized spacial score (nSPS) is 8.14. The van der Waals surface area contributed by atoms with E-state index in [1.807, 2.05) is 0 Å². The molecule has 0 unspecified atom stereocenters. The molecular weight excluding hydrogens is 90.1 g/mol. The fraction of sp³-hybridized carbons (Fsp3) is 0.500. The fourth-order valence-corrected chi connectivity index (χ4v) is 0.244. The summed E-state index contributed by atoms with van der Waals surface area (Å²) in [6, 6.07) is 0. The molecular formula is C4H9N3. The number of rotatable bonds is 3. The van der Waals surface area contributed by atoms with Crippen molar-refractivity contribution in [3.8, 4) is 0 Å². The van der Waals surface area contributed by atoms with Crippen LogP contribution in [0.4, 0.5) is 0 Å². The highest BCUT2D eigenvalue weighted by atomic mass is 15.0. The van der Waals surface area contributed by atoms with Gasteiger partial charge < -0.3 is 5.32 Å². The minimum absolute atomic E-state index is 0.558. The standard InChI is InChI=1S/C4H9N3/c1-4(7-5)3-6-2/h5-6H,1,3H2,2H3. The first-order chi connectivity index (χ1) is 3.31. The van der Waals surface area contributed by atoms with E-state index >= 15 is 0 Å². The summed E-state index contributed by atoms with van der Waals surface area (Å²) < 4.78 is 0. The number of hydrogen-bond donors (Lipinski definition) is 2. The molecule has 0 aromatic heterocycles. The van der Waals surface area contributed by atoms with Gasteiger partial charge in [-0.15, -0.1) is 0 Å². The average Bonchev–Trinajstić information content (AvgIpc) is 1.68. The lowest BCUT2D eigenvalue weighted by atomic mass is 10.5. The van der Waals surface area contributed by atoms with Crippen LogP contribution in [-0.2, 0) is 0 Å². The number of hydrogen-bond acceptors (Lipinski definition) is 3. The van der Waals surface area contributed by atoms with Crippen molar-refractivity contribution in [1.29, 1.82) is 5.53 Å². The molecule has 3 heteroatoms. The highest BCUT2D eigenvalue weighted by molar-refractivity contribution is 4.90. The molecule has 0 aliphatic rings. The summed E-state index contributed by atoms with van der Waals surface area (Å²) in [5, 5.41) is 5.88. The molecule has 0 aromatic carbocycles. The minimum Gasteiger partial charge on any atom is -0.314 e. The second kappa shape index (κ2) is 3.49. The number of likely N-dealkylation sites (N-methyl/N-ethyl adjacent to an activating group) is 1. The maximum atomic E-state index is 6.40. The predicted molar refractivity (Wildman–Crippen MR) is 28.2 cm³/mol. The molecule has 0 fully saturated rings. The second-order valence-electron chi connectivity index (χ2n) is 1.21. The molecule has 0 spiro atoms. The van der Waals surface area contributed by atoms with Gasteiger partial charge in [-0.1, -0.05) is 6.58 Å². The van der Waals surface area contributed by atoms with Gasteiger partial charge in [0.05, 0.1) is 5.70 Å². The molecule has 0 radical (unpaired) electrons. The Hall–Kier alpha value is -0.700. The van der Waals surface area contributed by atoms with Gasteiger partial charge in [-0.05, 0) is 7.05 Å². The van der Waals surface area contributed by atoms with Crippen LogP contribution in [0.2, 0.25) is 0 Å². The van der Waals surface area contributed by atoms with Crippen molar-refractivity contribution >= 4 is 0 Å². The second-order valence-corrected chi connectivity index (χ2v) is 1.21. The third-order valence-corrected chi connectivity index (χ3v) is 0.539. The molecule has 0 bridgehead atoms. The molecule has 0 aromatic rings. The lowest BCUT2D eigenvalue weighted by Gasteiger charge is -1.90. The van der Waals surface area contributed by atoms with Crippen LogP contribution in [0.1, 0.15) is 0 Å². The monoisotopic (exact) mass is 99.1 g/mol. The molecule has 0 atom stereocenters. The Kier molecular flexibility index (Phi) is 3.14. The number of nitrogens with zero attached hydrogens (tertiary/aromatic N) is 1. The Bertz CT molecular complexity index is 77.0. The predicted octanol–water partition coefficient (Wildman–Crippen LogP) is 0.750. The molecule has 0 saturated heterocycles. The first kappa shape index (κ1) is 6.30. The molecule has 3 nitrogen and oxygen atoms in total. The van der Waals surface area contributed by atoms with Gasteiger partial charge in [0.25, 0.3) is 0 Å². The summed E-state index contributed by atoms with van der Waals surface area (Å²) in [5.74, 6) is 0. The zero-order valence-corrected chi connectivity index (χ0v) is 4.36. The summed E-state index contributed by atoms with van der Waals surface area (Å²) in [6.07, 6.45) is 0. The van der Waals surface area contributed by atoms with Crippen molar-refractivity contribution in [3.05, 3.63) is 12.3 Å². The van der Waals surface area contributed by atoms with E-state index in [9.17, 15) is 0 Å². The molecule has 2 N–H and O–H groups in total. The Morgan fingerprint density at radius 1 is 2.00 bits per heavy atom. The third kappa shape index (κ3) is 3.12. The quantitative estimate of drug-likeness (QED) is 0.504. The highest BCUT2D eigenvalue weighted by Gasteiger charge is 1.81. The van der Waals surface area contributed by atoms with Gasteiger partial charge in [0.1, 0.15) is 0 Å². The van der Waals surface area contributed by atoms with E-state index in [1.54, 1.807) is 7.05 Å². The Labute approximate surface area is 42.9 Å². The van der Waals surface area contributed by atoms with Crippen molar-refractivity contribution in [2.24, 2.45) is 5.11 Å². The summed E-state index contributed by atoms with van der Waals surface area (Å²) in [4.78, 5) is 0. The van der Waals surface area contributed by atoms with Crippen LogP contribution in [0.15, 0.2) is 17.4 Å². The van der Waals surface area contributed by atoms with Gasteiger partial charge in [0.15, 0.2) is 0 Å². The molecule has 0 aliphatic carbocycles. The van der Waals surface area contributed by atoms with E-state index in [0.29, 0.717) is 12.2 Å². The van der Waals surface area contributed by atoms with E-state index in [2.05, 4.69) is 17.0 Å². The maximum absolute atomic E-state index is 6.40. The van der Waals surface area contributed by atoms with Gasteiger partial charge in [0, 0.05) is 6.54 Å². The van der Waals surface area contributed by atoms with Crippen LogP contribution >= 0.6 is 0 Å². The van der Waals surface area contributed by atoms with Gasteiger partial charge in [-0.3, -0.25) is 0 Å². The molecule has 0 heterocycles. The summed E-state index contributed by atoms with van der Waals surface area (Å²) in [5.41, 5.74) is 6.96. The highest BCUT2D eigenvalue weighted by Crippen LogP contribution is 1.84. The molecule has 0 amide bonds. The summed E-state index contributed by atoms with van der Waals surface area (Å²) in [6.45, 7) is 4.05. The molecule has 7 heavy (non-hydrogen) atoms. The van der Waals surface area contributed by atoms with E-state index in [1.165, 1.54) is 0 Å². The molecule has 0 aliphatic heterocycles. The Morgan fingerprint density at radius 3 is 2.71 bits per heavy atom. The van der Waals surface area contributed by atoms with Crippen molar-refractivity contribution < 1.29 is 0 Å². The minimum atomic E-state index is 0.558. The van der Waals surface area contributed by atoms with Crippen molar-refractivity contribution in [3.63, 3.8) is 0 Å². The van der Waals surface area contributed by atoms with Crippen molar-refractivity contribution in [1.82, 2.24) is 5.32 Å². The third-order valence-electron chi connectivity index (χ3n) is 0.539. The van der Waals surface area contributed by atoms with Crippen LogP contribution in [0.5, 0.6) is 0 Å². The smallest absolute Gasteiger partial charge is 0.0689 e. The van der Waals surface area contributed by atoms with Gasteiger partial charge >= 0.3 is 0 Å². The van der Waals surface area contributed by atoms with Gasteiger partial charge in [-0.25, -0.2) is 5.53 Å². The van der Waals surface area contributed by atoms with Crippen LogP contribution in [0.3, 0.4) is 0 Å². The Balaban J connectivity index is 3.17. The topological polar surface area (TPSA) is 48.2 Å². The summed E-state index contributed by atoms with van der Waals surface area (Å²) in [7, 11) is 1.79. The number of nitrogens with one attached hydrogen (secondary N) is 2. The first-order valence-electron chi connectivity index (χ1n) is 2.01. The Morgan fingerprint density at radius 2 is 2.57 bits per heavy atom. The van der Waals surface area contributed by atoms with E-state index < -0.39 is 0 Å². The summed E-state index contributed by atoms with van der Waals surface area (Å²) >= 11 is 0. The van der Waals surface area contributed by atoms with Crippen LogP contribution in [-0.4, -0.2) is 13.6 Å². The van der Waals surface area contributed by atoms with E-state index in [4.69, 9.17) is 5.53 Å². The lowest BCUT2D eigenvalue weighted by Crippen LogP contribution is -2.07. The van der Waals surface area contributed by atoms with E-state index in [0.717, 1.165) is 0 Å². The average molecular weight is 99.1 g/mol. The van der Waals surface area contributed by atoms with Crippen LogP contribution in [0, 0.1) is 5.53 Å². The first-order valence-corrected chi connectivity index (χ1v) is 2.01. The van der Waals surface area contributed by atoms with Crippen LogP contribution in [0.25, 0.3) is 0 Å². The molecule has 0 rings (SSSR count). The molecule has 40 valence electrons. The van der Waals surface area contributed by atoms with Gasteiger partial charge in [-0.2, -0.15) is 5.11 Å². The zero-order chi connectivity index (χ0) is 5.70. The van der Waals surface area contributed by atoms with Gasteiger partial charge in [0.2, 0.25) is 0 Å². The van der Waals surface area contributed by atoms with Crippen molar-refractivity contribution in [2.45, 2.75) is 0 Å². The maximum Gasteiger partial charge on any atom is 0.0689 e. The zero-order valence-electron chi connectivity index (χ0n) is 4.36. The van der Waals surface area contributed by atoms with Crippen LogP contribution < -0.4 is 5.32 Å². The fourth-order valence-electron chi connectivity index (χ4n) is 0.244. The SMILES string of the molecule is C=C(CNC)N=N. The largest absolute Gasteiger partial charge is 0.314 e.